The number of nitrogens with one attached hydrogen (secondary N) is 1. The fourth-order valence-corrected chi connectivity index (χ4v) is 2.70. The number of hydrogen-bond donors (Lipinski definition) is 1. The van der Waals surface area contributed by atoms with Crippen LogP contribution in [0.5, 0.6) is 0 Å². The van der Waals surface area contributed by atoms with Gasteiger partial charge < -0.3 is 0 Å². The van der Waals surface area contributed by atoms with Gasteiger partial charge in [-0.3, -0.25) is 14.7 Å². The second kappa shape index (κ2) is 6.20. The number of amides is 1. The molecule has 1 amide bonds. The van der Waals surface area contributed by atoms with Gasteiger partial charge in [-0.2, -0.15) is 5.10 Å². The van der Waals surface area contributed by atoms with Gasteiger partial charge in [0.15, 0.2) is 0 Å². The van der Waals surface area contributed by atoms with E-state index in [9.17, 15) is 4.79 Å². The topological polar surface area (TPSA) is 77.6 Å². The molecule has 0 radical (unpaired) electrons. The van der Waals surface area contributed by atoms with E-state index >= 15 is 0 Å². The summed E-state index contributed by atoms with van der Waals surface area (Å²) in [5, 5.41) is 6.93. The number of imidazole rings is 1. The lowest BCUT2D eigenvalue weighted by molar-refractivity contribution is -0.119. The molecule has 1 atom stereocenters. The normalized spacial score (nSPS) is 12.2. The molecule has 0 saturated carbocycles. The first-order valence-electron chi connectivity index (χ1n) is 7.92. The number of carbonyl (C=O) groups is 1. The molecule has 25 heavy (non-hydrogen) atoms. The number of fused-ring (bicyclic) bond motifs is 1. The summed E-state index contributed by atoms with van der Waals surface area (Å²) < 4.78 is 3.44. The van der Waals surface area contributed by atoms with Gasteiger partial charge in [-0.1, -0.05) is 30.3 Å². The smallest absolute Gasteiger partial charge is 0.251 e. The Morgan fingerprint density at radius 3 is 2.60 bits per heavy atom. The highest BCUT2D eigenvalue weighted by molar-refractivity contribution is 5.94. The van der Waals surface area contributed by atoms with E-state index in [0.29, 0.717) is 5.95 Å². The first-order chi connectivity index (χ1) is 12.2. The SMILES string of the molecule is C[C@H](C(=O)Nc1nc2ccccc2n1-c1ccccc1)n1cncn1. The van der Waals surface area contributed by atoms with E-state index in [-0.39, 0.29) is 5.91 Å². The molecule has 1 N–H and O–H groups in total. The van der Waals surface area contributed by atoms with Gasteiger partial charge in [0, 0.05) is 5.69 Å². The third kappa shape index (κ3) is 2.76. The first kappa shape index (κ1) is 15.1. The van der Waals surface area contributed by atoms with Crippen LogP contribution in [0.15, 0.2) is 67.3 Å². The Kier molecular flexibility index (Phi) is 3.74. The summed E-state index contributed by atoms with van der Waals surface area (Å²) in [5.41, 5.74) is 2.67. The van der Waals surface area contributed by atoms with Crippen molar-refractivity contribution in [1.82, 2.24) is 24.3 Å². The summed E-state index contributed by atoms with van der Waals surface area (Å²) in [6, 6.07) is 17.1. The zero-order valence-corrected chi connectivity index (χ0v) is 13.6. The minimum Gasteiger partial charge on any atom is -0.294 e. The van der Waals surface area contributed by atoms with Crippen molar-refractivity contribution in [3.63, 3.8) is 0 Å². The molecule has 0 aliphatic heterocycles. The lowest BCUT2D eigenvalue weighted by Gasteiger charge is -2.13. The van der Waals surface area contributed by atoms with Crippen molar-refractivity contribution in [2.75, 3.05) is 5.32 Å². The summed E-state index contributed by atoms with van der Waals surface area (Å²) in [6.07, 6.45) is 2.92. The van der Waals surface area contributed by atoms with Crippen LogP contribution < -0.4 is 5.32 Å². The van der Waals surface area contributed by atoms with Crippen molar-refractivity contribution in [3.8, 4) is 5.69 Å². The lowest BCUT2D eigenvalue weighted by Crippen LogP contribution is -2.25. The molecule has 0 unspecified atom stereocenters. The van der Waals surface area contributed by atoms with E-state index in [4.69, 9.17) is 0 Å². The van der Waals surface area contributed by atoms with Gasteiger partial charge in [-0.25, -0.2) is 14.6 Å². The second-order valence-corrected chi connectivity index (χ2v) is 5.64. The van der Waals surface area contributed by atoms with E-state index in [1.54, 1.807) is 6.92 Å². The van der Waals surface area contributed by atoms with Gasteiger partial charge in [0.2, 0.25) is 5.95 Å². The lowest BCUT2D eigenvalue weighted by atomic mass is 10.3. The molecule has 0 fully saturated rings. The monoisotopic (exact) mass is 332 g/mol. The first-order valence-corrected chi connectivity index (χ1v) is 7.92. The highest BCUT2D eigenvalue weighted by atomic mass is 16.2. The molecule has 124 valence electrons. The van der Waals surface area contributed by atoms with Crippen LogP contribution in [0, 0.1) is 0 Å². The number of nitrogens with zero attached hydrogens (tertiary/aromatic N) is 5. The predicted octanol–water partition coefficient (Wildman–Crippen LogP) is 2.82. The Morgan fingerprint density at radius 1 is 1.08 bits per heavy atom. The fraction of sp³-hybridized carbons (Fsp3) is 0.111. The van der Waals surface area contributed by atoms with Crippen molar-refractivity contribution < 1.29 is 4.79 Å². The van der Waals surface area contributed by atoms with Gasteiger partial charge in [0.25, 0.3) is 5.91 Å². The molecular formula is C18H16N6O. The molecular weight excluding hydrogens is 316 g/mol. The summed E-state index contributed by atoms with van der Waals surface area (Å²) in [4.78, 5) is 21.1. The molecule has 4 rings (SSSR count). The number of rotatable bonds is 4. The molecule has 0 saturated heterocycles. The molecule has 0 aliphatic carbocycles. The second-order valence-electron chi connectivity index (χ2n) is 5.64. The van der Waals surface area contributed by atoms with Gasteiger partial charge in [-0.05, 0) is 31.2 Å². The van der Waals surface area contributed by atoms with E-state index in [1.165, 1.54) is 17.3 Å². The van der Waals surface area contributed by atoms with Crippen LogP contribution in [0.3, 0.4) is 0 Å². The standard InChI is InChI=1S/C18H16N6O/c1-13(23-12-19-11-20-23)17(25)22-18-21-15-9-5-6-10-16(15)24(18)14-7-3-2-4-8-14/h2-13H,1H3,(H,21,22,25)/t13-/m1/s1. The quantitative estimate of drug-likeness (QED) is 0.623. The molecule has 4 aromatic rings. The number of para-hydroxylation sites is 3. The van der Waals surface area contributed by atoms with Crippen LogP contribution in [0.1, 0.15) is 13.0 Å². The van der Waals surface area contributed by atoms with Crippen LogP contribution in [-0.2, 0) is 4.79 Å². The van der Waals surface area contributed by atoms with Gasteiger partial charge >= 0.3 is 0 Å². The minimum atomic E-state index is -0.494. The molecule has 7 nitrogen and oxygen atoms in total. The number of carbonyl (C=O) groups excluding carboxylic acids is 1. The van der Waals surface area contributed by atoms with Crippen LogP contribution in [0.4, 0.5) is 5.95 Å². The van der Waals surface area contributed by atoms with Crippen LogP contribution in [0.2, 0.25) is 0 Å². The maximum absolute atomic E-state index is 12.6. The summed E-state index contributed by atoms with van der Waals surface area (Å²) in [5.74, 6) is 0.266. The molecule has 2 aromatic heterocycles. The average molecular weight is 332 g/mol. The minimum absolute atomic E-state index is 0.210. The highest BCUT2D eigenvalue weighted by Crippen LogP contribution is 2.25. The summed E-state index contributed by atoms with van der Waals surface area (Å²) in [6.45, 7) is 1.76. The zero-order chi connectivity index (χ0) is 17.2. The summed E-state index contributed by atoms with van der Waals surface area (Å²) in [7, 11) is 0. The van der Waals surface area contributed by atoms with E-state index in [2.05, 4.69) is 20.4 Å². The molecule has 2 heterocycles. The van der Waals surface area contributed by atoms with Crippen LogP contribution >= 0.6 is 0 Å². The van der Waals surface area contributed by atoms with E-state index < -0.39 is 6.04 Å². The number of aromatic nitrogens is 5. The van der Waals surface area contributed by atoms with Gasteiger partial charge in [0.1, 0.15) is 18.7 Å². The number of hydrogen-bond acceptors (Lipinski definition) is 4. The third-order valence-corrected chi connectivity index (χ3v) is 4.02. The average Bonchev–Trinajstić information content (AvgIpc) is 3.29. The Morgan fingerprint density at radius 2 is 1.84 bits per heavy atom. The highest BCUT2D eigenvalue weighted by Gasteiger charge is 2.20. The van der Waals surface area contributed by atoms with E-state index in [1.807, 2.05) is 59.2 Å². The Labute approximate surface area is 143 Å². The third-order valence-electron chi connectivity index (χ3n) is 4.02. The van der Waals surface area contributed by atoms with E-state index in [0.717, 1.165) is 16.7 Å². The zero-order valence-electron chi connectivity index (χ0n) is 13.6. The molecule has 0 aliphatic rings. The van der Waals surface area contributed by atoms with Gasteiger partial charge in [-0.15, -0.1) is 0 Å². The number of benzene rings is 2. The molecule has 0 bridgehead atoms. The van der Waals surface area contributed by atoms with Crippen molar-refractivity contribution in [3.05, 3.63) is 67.3 Å². The fourth-order valence-electron chi connectivity index (χ4n) is 2.70. The largest absolute Gasteiger partial charge is 0.294 e. The van der Waals surface area contributed by atoms with Crippen molar-refractivity contribution in [2.24, 2.45) is 0 Å². The Bertz CT molecular complexity index is 1010. The van der Waals surface area contributed by atoms with Crippen molar-refractivity contribution >= 4 is 22.9 Å². The maximum atomic E-state index is 12.6. The van der Waals surface area contributed by atoms with Gasteiger partial charge in [0.05, 0.1) is 11.0 Å². The summed E-state index contributed by atoms with van der Waals surface area (Å²) >= 11 is 0. The van der Waals surface area contributed by atoms with Crippen molar-refractivity contribution in [1.29, 1.82) is 0 Å². The molecule has 7 heteroatoms. The van der Waals surface area contributed by atoms with Crippen LogP contribution in [-0.4, -0.2) is 30.2 Å². The maximum Gasteiger partial charge on any atom is 0.251 e. The van der Waals surface area contributed by atoms with Crippen LogP contribution in [0.25, 0.3) is 16.7 Å². The Hall–Kier alpha value is -3.48. The number of anilines is 1. The molecule has 2 aromatic carbocycles. The Balaban J connectivity index is 1.75. The molecule has 0 spiro atoms. The van der Waals surface area contributed by atoms with Crippen molar-refractivity contribution in [2.45, 2.75) is 13.0 Å². The predicted molar refractivity (Wildman–Crippen MR) is 94.4 cm³/mol.